The number of ether oxygens (including phenoxy) is 2. The number of unbranched alkanes of at least 4 members (excludes halogenated alkanes) is 5. The third-order valence-electron chi connectivity index (χ3n) is 4.76. The van der Waals surface area contributed by atoms with Crippen molar-refractivity contribution in [1.82, 2.24) is 0 Å². The zero-order valence-electron chi connectivity index (χ0n) is 17.1. The van der Waals surface area contributed by atoms with Gasteiger partial charge in [-0.3, -0.25) is 4.79 Å². The maximum atomic E-state index is 12.3. The largest absolute Gasteiger partial charge is 0.485 e. The summed E-state index contributed by atoms with van der Waals surface area (Å²) >= 11 is 1.13. The normalized spacial score (nSPS) is 10.7. The molecule has 0 aliphatic rings. The summed E-state index contributed by atoms with van der Waals surface area (Å²) in [6.07, 6.45) is 8.68. The van der Waals surface area contributed by atoms with Crippen LogP contribution in [0.4, 0.5) is 0 Å². The van der Waals surface area contributed by atoms with Crippen molar-refractivity contribution in [2.45, 2.75) is 58.8 Å². The highest BCUT2D eigenvalue weighted by atomic mass is 32.1. The summed E-state index contributed by atoms with van der Waals surface area (Å²) in [6, 6.07) is 9.24. The van der Waals surface area contributed by atoms with E-state index in [0.717, 1.165) is 17.8 Å². The first kappa shape index (κ1) is 22.2. The fourth-order valence-corrected chi connectivity index (χ4v) is 3.87. The van der Waals surface area contributed by atoms with Crippen molar-refractivity contribution in [2.24, 2.45) is 0 Å². The van der Waals surface area contributed by atoms with Crippen molar-refractivity contribution in [3.63, 3.8) is 0 Å². The van der Waals surface area contributed by atoms with E-state index in [0.29, 0.717) is 15.5 Å². The van der Waals surface area contributed by atoms with Crippen LogP contribution in [-0.4, -0.2) is 25.5 Å². The maximum absolute atomic E-state index is 12.3. The number of rotatable bonds is 12. The van der Waals surface area contributed by atoms with Crippen LogP contribution in [0.15, 0.2) is 30.3 Å². The van der Waals surface area contributed by atoms with Crippen LogP contribution >= 0.6 is 11.3 Å². The number of hydrogen-bond acceptors (Lipinski definition) is 5. The number of hydrogen-bond donors (Lipinski definition) is 0. The molecule has 1 aromatic heterocycles. The van der Waals surface area contributed by atoms with Crippen molar-refractivity contribution in [1.29, 1.82) is 0 Å². The molecule has 28 heavy (non-hydrogen) atoms. The number of Topliss-reactive ketones (excluding diaryl/α,β-unsaturated/α-hetero) is 1. The number of ketones is 1. The van der Waals surface area contributed by atoms with E-state index in [9.17, 15) is 9.59 Å². The summed E-state index contributed by atoms with van der Waals surface area (Å²) in [5, 5.41) is 0. The second-order valence-electron chi connectivity index (χ2n) is 6.97. The van der Waals surface area contributed by atoms with Crippen molar-refractivity contribution in [3.05, 3.63) is 51.2 Å². The van der Waals surface area contributed by atoms with E-state index in [1.165, 1.54) is 56.8 Å². The molecule has 4 nitrogen and oxygen atoms in total. The number of carbonyl (C=O) groups is 2. The molecule has 0 aliphatic heterocycles. The van der Waals surface area contributed by atoms with Crippen molar-refractivity contribution < 1.29 is 19.1 Å². The first-order valence-corrected chi connectivity index (χ1v) is 10.8. The zero-order valence-corrected chi connectivity index (χ0v) is 17.9. The predicted molar refractivity (Wildman–Crippen MR) is 114 cm³/mol. The highest BCUT2D eigenvalue weighted by molar-refractivity contribution is 7.15. The highest BCUT2D eigenvalue weighted by Crippen LogP contribution is 2.22. The third-order valence-corrected chi connectivity index (χ3v) is 5.86. The molecule has 0 bridgehead atoms. The molecule has 1 heterocycles. The average molecular weight is 403 g/mol. The van der Waals surface area contributed by atoms with Crippen LogP contribution < -0.4 is 4.74 Å². The highest BCUT2D eigenvalue weighted by Gasteiger charge is 2.14. The van der Waals surface area contributed by atoms with E-state index in [1.807, 2.05) is 18.2 Å². The minimum atomic E-state index is -0.428. The lowest BCUT2D eigenvalue weighted by Gasteiger charge is -2.10. The quantitative estimate of drug-likeness (QED) is 0.248. The number of carbonyl (C=O) groups excluding carboxylic acids is 2. The first-order chi connectivity index (χ1) is 13.5. The van der Waals surface area contributed by atoms with Gasteiger partial charge in [-0.1, -0.05) is 45.1 Å². The minimum Gasteiger partial charge on any atom is -0.485 e. The molecule has 0 spiro atoms. The van der Waals surface area contributed by atoms with E-state index in [2.05, 4.69) is 18.6 Å². The molecule has 0 unspecified atom stereocenters. The summed E-state index contributed by atoms with van der Waals surface area (Å²) < 4.78 is 10.4. The van der Waals surface area contributed by atoms with Crippen LogP contribution in [0.5, 0.6) is 5.75 Å². The molecule has 152 valence electrons. The van der Waals surface area contributed by atoms with Crippen LogP contribution in [0.2, 0.25) is 0 Å². The molecule has 0 aliphatic carbocycles. The lowest BCUT2D eigenvalue weighted by atomic mass is 10.0. The molecule has 0 fully saturated rings. The topological polar surface area (TPSA) is 52.6 Å². The third kappa shape index (κ3) is 6.79. The monoisotopic (exact) mass is 402 g/mol. The zero-order chi connectivity index (χ0) is 20.4. The maximum Gasteiger partial charge on any atom is 0.348 e. The summed E-state index contributed by atoms with van der Waals surface area (Å²) in [4.78, 5) is 24.7. The van der Waals surface area contributed by atoms with Gasteiger partial charge in [0.05, 0.1) is 12.0 Å². The molecular formula is C23H30O4S. The van der Waals surface area contributed by atoms with Gasteiger partial charge in [0, 0.05) is 0 Å². The predicted octanol–water partition coefficient (Wildman–Crippen LogP) is 6.01. The molecule has 2 aromatic rings. The molecule has 2 rings (SSSR count). The molecule has 0 saturated heterocycles. The molecule has 0 saturated carbocycles. The van der Waals surface area contributed by atoms with Crippen molar-refractivity contribution in [2.75, 3.05) is 13.7 Å². The Morgan fingerprint density at radius 1 is 0.964 bits per heavy atom. The molecule has 0 radical (unpaired) electrons. The Labute approximate surface area is 171 Å². The van der Waals surface area contributed by atoms with Crippen LogP contribution in [0, 0.1) is 6.92 Å². The standard InChI is InChI=1S/C23H30O4S/c1-4-5-6-7-8-9-10-18-15-19(12-11-17(18)2)27-16-20(24)21-13-14-22(28-21)23(25)26-3/h11-15H,4-10,16H2,1-3H3. The van der Waals surface area contributed by atoms with Gasteiger partial charge in [-0.05, 0) is 55.2 Å². The molecule has 0 N–H and O–H groups in total. The van der Waals surface area contributed by atoms with Gasteiger partial charge in [0.15, 0.2) is 6.61 Å². The molecule has 0 atom stereocenters. The van der Waals surface area contributed by atoms with Crippen LogP contribution in [0.1, 0.15) is 75.9 Å². The fraction of sp³-hybridized carbons (Fsp3) is 0.478. The summed E-state index contributed by atoms with van der Waals surface area (Å²) in [5.41, 5.74) is 2.54. The summed E-state index contributed by atoms with van der Waals surface area (Å²) in [7, 11) is 1.33. The van der Waals surface area contributed by atoms with E-state index in [1.54, 1.807) is 12.1 Å². The van der Waals surface area contributed by atoms with Gasteiger partial charge in [-0.2, -0.15) is 0 Å². The number of benzene rings is 1. The smallest absolute Gasteiger partial charge is 0.348 e. The van der Waals surface area contributed by atoms with E-state index >= 15 is 0 Å². The van der Waals surface area contributed by atoms with Crippen LogP contribution in [0.3, 0.4) is 0 Å². The van der Waals surface area contributed by atoms with Crippen LogP contribution in [-0.2, 0) is 11.2 Å². The second kappa shape index (κ2) is 11.6. The van der Waals surface area contributed by atoms with Gasteiger partial charge in [-0.25, -0.2) is 4.79 Å². The fourth-order valence-electron chi connectivity index (χ4n) is 3.02. The number of methoxy groups -OCH3 is 1. The van der Waals surface area contributed by atoms with E-state index in [-0.39, 0.29) is 12.4 Å². The Kier molecular flexibility index (Phi) is 9.21. The van der Waals surface area contributed by atoms with Gasteiger partial charge in [0.2, 0.25) is 5.78 Å². The van der Waals surface area contributed by atoms with E-state index in [4.69, 9.17) is 4.74 Å². The summed E-state index contributed by atoms with van der Waals surface area (Å²) in [6.45, 7) is 4.30. The number of esters is 1. The van der Waals surface area contributed by atoms with Gasteiger partial charge in [0.1, 0.15) is 10.6 Å². The SMILES string of the molecule is CCCCCCCCc1cc(OCC(=O)c2ccc(C(=O)OC)s2)ccc1C. The number of aryl methyl sites for hydroxylation is 2. The summed E-state index contributed by atoms with van der Waals surface area (Å²) in [5.74, 6) is 0.144. The van der Waals surface area contributed by atoms with Gasteiger partial charge in [0.25, 0.3) is 0 Å². The second-order valence-corrected chi connectivity index (χ2v) is 8.06. The van der Waals surface area contributed by atoms with Gasteiger partial charge < -0.3 is 9.47 Å². The Hall–Kier alpha value is -2.14. The Morgan fingerprint density at radius 2 is 1.68 bits per heavy atom. The van der Waals surface area contributed by atoms with Gasteiger partial charge >= 0.3 is 5.97 Å². The lowest BCUT2D eigenvalue weighted by Crippen LogP contribution is -2.10. The van der Waals surface area contributed by atoms with Crippen molar-refractivity contribution in [3.8, 4) is 5.75 Å². The Balaban J connectivity index is 1.85. The van der Waals surface area contributed by atoms with Crippen molar-refractivity contribution >= 4 is 23.1 Å². The molecular weight excluding hydrogens is 372 g/mol. The lowest BCUT2D eigenvalue weighted by molar-refractivity contribution is 0.0606. The Morgan fingerprint density at radius 3 is 2.43 bits per heavy atom. The van der Waals surface area contributed by atoms with E-state index < -0.39 is 5.97 Å². The van der Waals surface area contributed by atoms with Crippen LogP contribution in [0.25, 0.3) is 0 Å². The minimum absolute atomic E-state index is 0.0410. The average Bonchev–Trinajstić information content (AvgIpc) is 3.20. The Bertz CT molecular complexity index is 779. The van der Waals surface area contributed by atoms with Gasteiger partial charge in [-0.15, -0.1) is 11.3 Å². The molecule has 5 heteroatoms. The number of thiophene rings is 1. The molecule has 0 amide bonds. The first-order valence-electron chi connectivity index (χ1n) is 9.98. The molecule has 1 aromatic carbocycles.